The van der Waals surface area contributed by atoms with Crippen LogP contribution in [-0.2, 0) is 6.42 Å². The quantitative estimate of drug-likeness (QED) is 0.912. The molecule has 4 heteroatoms. The number of benzene rings is 1. The van der Waals surface area contributed by atoms with Crippen molar-refractivity contribution in [3.8, 4) is 0 Å². The van der Waals surface area contributed by atoms with Crippen LogP contribution in [-0.4, -0.2) is 19.1 Å². The van der Waals surface area contributed by atoms with Gasteiger partial charge in [0.1, 0.15) is 17.3 Å². The van der Waals surface area contributed by atoms with Crippen molar-refractivity contribution >= 4 is 5.69 Å². The number of nitrogens with two attached hydrogens (primary N) is 1. The summed E-state index contributed by atoms with van der Waals surface area (Å²) in [6.07, 6.45) is 2.60. The van der Waals surface area contributed by atoms with Crippen molar-refractivity contribution in [1.29, 1.82) is 0 Å². The first kappa shape index (κ1) is 14.3. The fraction of sp³-hybridized carbons (Fsp3) is 0.600. The number of nitrogens with zero attached hydrogens (tertiary/aromatic N) is 1. The molecule has 0 spiro atoms. The van der Waals surface area contributed by atoms with E-state index in [0.717, 1.165) is 19.4 Å². The van der Waals surface area contributed by atoms with E-state index in [9.17, 15) is 8.78 Å². The standard InChI is InChI=1S/C15H22F2N2/c1-10-4-3-7-19(11(10)2)15-13(16)8-12(5-6-18)9-14(15)17/h8-11H,3-7,18H2,1-2H3. The molecule has 1 aromatic carbocycles. The van der Waals surface area contributed by atoms with E-state index in [1.165, 1.54) is 12.1 Å². The van der Waals surface area contributed by atoms with Gasteiger partial charge in [-0.25, -0.2) is 8.78 Å². The topological polar surface area (TPSA) is 29.3 Å². The molecule has 0 radical (unpaired) electrons. The van der Waals surface area contributed by atoms with Crippen molar-refractivity contribution in [3.05, 3.63) is 29.3 Å². The third-order valence-corrected chi connectivity index (χ3v) is 4.17. The maximum absolute atomic E-state index is 14.2. The van der Waals surface area contributed by atoms with Gasteiger partial charge in [-0.2, -0.15) is 0 Å². The molecule has 0 aromatic heterocycles. The Balaban J connectivity index is 2.33. The zero-order valence-electron chi connectivity index (χ0n) is 11.6. The number of anilines is 1. The number of hydrogen-bond acceptors (Lipinski definition) is 2. The van der Waals surface area contributed by atoms with Gasteiger partial charge in [-0.3, -0.25) is 0 Å². The molecular formula is C15H22F2N2. The smallest absolute Gasteiger partial charge is 0.149 e. The molecule has 0 amide bonds. The summed E-state index contributed by atoms with van der Waals surface area (Å²) in [7, 11) is 0. The molecule has 1 saturated heterocycles. The van der Waals surface area contributed by atoms with Crippen molar-refractivity contribution in [2.45, 2.75) is 39.2 Å². The Morgan fingerprint density at radius 1 is 1.26 bits per heavy atom. The van der Waals surface area contributed by atoms with E-state index < -0.39 is 11.6 Å². The predicted octanol–water partition coefficient (Wildman–Crippen LogP) is 3.09. The molecule has 0 aliphatic carbocycles. The van der Waals surface area contributed by atoms with Crippen molar-refractivity contribution in [1.82, 2.24) is 0 Å². The molecular weight excluding hydrogens is 246 g/mol. The molecule has 2 atom stereocenters. The molecule has 2 nitrogen and oxygen atoms in total. The highest BCUT2D eigenvalue weighted by atomic mass is 19.1. The van der Waals surface area contributed by atoms with Gasteiger partial charge in [0, 0.05) is 12.6 Å². The summed E-state index contributed by atoms with van der Waals surface area (Å²) in [5.41, 5.74) is 6.18. The Kier molecular flexibility index (Phi) is 4.40. The largest absolute Gasteiger partial charge is 0.364 e. The highest BCUT2D eigenvalue weighted by Gasteiger charge is 2.28. The van der Waals surface area contributed by atoms with Gasteiger partial charge in [0.05, 0.1) is 0 Å². The molecule has 2 N–H and O–H groups in total. The van der Waals surface area contributed by atoms with E-state index in [4.69, 9.17) is 5.73 Å². The second kappa shape index (κ2) is 5.87. The Hall–Kier alpha value is -1.16. The van der Waals surface area contributed by atoms with Crippen LogP contribution in [0.4, 0.5) is 14.5 Å². The molecule has 0 bridgehead atoms. The third-order valence-electron chi connectivity index (χ3n) is 4.17. The summed E-state index contributed by atoms with van der Waals surface area (Å²) in [5.74, 6) is -0.481. The lowest BCUT2D eigenvalue weighted by Gasteiger charge is -2.39. The Labute approximate surface area is 113 Å². The second-order valence-corrected chi connectivity index (χ2v) is 5.50. The van der Waals surface area contributed by atoms with Gasteiger partial charge in [0.25, 0.3) is 0 Å². The lowest BCUT2D eigenvalue weighted by Crippen LogP contribution is -2.43. The van der Waals surface area contributed by atoms with E-state index in [1.807, 2.05) is 11.8 Å². The van der Waals surface area contributed by atoms with Crippen LogP contribution in [0.15, 0.2) is 12.1 Å². The van der Waals surface area contributed by atoms with E-state index in [0.29, 0.717) is 24.4 Å². The molecule has 1 fully saturated rings. The van der Waals surface area contributed by atoms with Crippen LogP contribution in [0.3, 0.4) is 0 Å². The van der Waals surface area contributed by atoms with Crippen molar-refractivity contribution in [2.24, 2.45) is 11.7 Å². The fourth-order valence-corrected chi connectivity index (χ4v) is 2.85. The summed E-state index contributed by atoms with van der Waals surface area (Å²) in [6.45, 7) is 5.29. The number of halogens is 2. The molecule has 19 heavy (non-hydrogen) atoms. The third kappa shape index (κ3) is 2.89. The second-order valence-electron chi connectivity index (χ2n) is 5.50. The monoisotopic (exact) mass is 268 g/mol. The molecule has 1 heterocycles. The zero-order chi connectivity index (χ0) is 14.0. The van der Waals surface area contributed by atoms with Crippen LogP contribution >= 0.6 is 0 Å². The van der Waals surface area contributed by atoms with Crippen molar-refractivity contribution in [2.75, 3.05) is 18.0 Å². The molecule has 2 rings (SSSR count). The molecule has 0 saturated carbocycles. The van der Waals surface area contributed by atoms with Crippen molar-refractivity contribution < 1.29 is 8.78 Å². The lowest BCUT2D eigenvalue weighted by atomic mass is 9.91. The van der Waals surface area contributed by atoms with Crippen molar-refractivity contribution in [3.63, 3.8) is 0 Å². The van der Waals surface area contributed by atoms with Gasteiger partial charge in [0.2, 0.25) is 0 Å². The maximum atomic E-state index is 14.2. The Morgan fingerprint density at radius 3 is 2.47 bits per heavy atom. The highest BCUT2D eigenvalue weighted by molar-refractivity contribution is 5.52. The summed E-state index contributed by atoms with van der Waals surface area (Å²) < 4.78 is 28.4. The molecule has 1 aliphatic rings. The SMILES string of the molecule is CC1CCCN(c2c(F)cc(CCN)cc2F)C1C. The van der Waals surface area contributed by atoms with E-state index in [-0.39, 0.29) is 11.7 Å². The van der Waals surface area contributed by atoms with Crippen LogP contribution in [0.5, 0.6) is 0 Å². The fourth-order valence-electron chi connectivity index (χ4n) is 2.85. The van der Waals surface area contributed by atoms with Crippen LogP contribution in [0.2, 0.25) is 0 Å². The first-order chi connectivity index (χ1) is 9.04. The van der Waals surface area contributed by atoms with E-state index in [2.05, 4.69) is 6.92 Å². The Bertz CT molecular complexity index is 425. The maximum Gasteiger partial charge on any atom is 0.149 e. The molecule has 1 aromatic rings. The number of piperidine rings is 1. The normalized spacial score (nSPS) is 23.7. The number of rotatable bonds is 3. The van der Waals surface area contributed by atoms with Crippen LogP contribution in [0.25, 0.3) is 0 Å². The average molecular weight is 268 g/mol. The van der Waals surface area contributed by atoms with E-state index in [1.54, 1.807) is 0 Å². The molecule has 106 valence electrons. The minimum absolute atomic E-state index is 0.125. The van der Waals surface area contributed by atoms with Gasteiger partial charge in [-0.05, 0) is 56.3 Å². The van der Waals surface area contributed by atoms with Gasteiger partial charge in [-0.15, -0.1) is 0 Å². The average Bonchev–Trinajstić information content (AvgIpc) is 2.34. The van der Waals surface area contributed by atoms with Gasteiger partial charge in [-0.1, -0.05) is 6.92 Å². The molecule has 2 unspecified atom stereocenters. The van der Waals surface area contributed by atoms with Crippen LogP contribution < -0.4 is 10.6 Å². The van der Waals surface area contributed by atoms with Crippen LogP contribution in [0.1, 0.15) is 32.3 Å². The summed E-state index contributed by atoms with van der Waals surface area (Å²) in [5, 5.41) is 0. The first-order valence-corrected chi connectivity index (χ1v) is 6.99. The lowest BCUT2D eigenvalue weighted by molar-refractivity contribution is 0.356. The first-order valence-electron chi connectivity index (χ1n) is 6.99. The summed E-state index contributed by atoms with van der Waals surface area (Å²) >= 11 is 0. The van der Waals surface area contributed by atoms with Gasteiger partial charge in [0.15, 0.2) is 0 Å². The molecule has 1 aliphatic heterocycles. The number of hydrogen-bond donors (Lipinski definition) is 1. The highest BCUT2D eigenvalue weighted by Crippen LogP contribution is 2.32. The predicted molar refractivity (Wildman–Crippen MR) is 74.3 cm³/mol. The van der Waals surface area contributed by atoms with Gasteiger partial charge >= 0.3 is 0 Å². The zero-order valence-corrected chi connectivity index (χ0v) is 11.6. The Morgan fingerprint density at radius 2 is 1.89 bits per heavy atom. The summed E-state index contributed by atoms with van der Waals surface area (Å²) in [4.78, 5) is 1.87. The minimum Gasteiger partial charge on any atom is -0.364 e. The van der Waals surface area contributed by atoms with Gasteiger partial charge < -0.3 is 10.6 Å². The summed E-state index contributed by atoms with van der Waals surface area (Å²) in [6, 6.07) is 2.99. The van der Waals surface area contributed by atoms with E-state index >= 15 is 0 Å². The van der Waals surface area contributed by atoms with Crippen LogP contribution in [0, 0.1) is 17.6 Å². The minimum atomic E-state index is -0.468.